The first kappa shape index (κ1) is 9.70. The molecule has 0 aromatic heterocycles. The van der Waals surface area contributed by atoms with Crippen LogP contribution in [0.25, 0.3) is 0 Å². The van der Waals surface area contributed by atoms with Gasteiger partial charge in [0.05, 0.1) is 0 Å². The fourth-order valence-corrected chi connectivity index (χ4v) is 3.11. The first-order valence-electron chi connectivity index (χ1n) is 5.29. The lowest BCUT2D eigenvalue weighted by molar-refractivity contribution is -0.114. The number of hydrogen-bond donors (Lipinski definition) is 0. The largest absolute Gasteiger partial charge is 0.294 e. The third kappa shape index (κ3) is 1.26. The van der Waals surface area contributed by atoms with Crippen molar-refractivity contribution >= 4 is 5.78 Å². The molecule has 0 atom stereocenters. The highest BCUT2D eigenvalue weighted by Gasteiger charge is 2.45. The Hall–Kier alpha value is -0.850. The molecule has 14 heavy (non-hydrogen) atoms. The quantitative estimate of drug-likeness (QED) is 0.573. The van der Waals surface area contributed by atoms with Gasteiger partial charge in [-0.15, -0.1) is 0 Å². The van der Waals surface area contributed by atoms with Gasteiger partial charge in [0.1, 0.15) is 0 Å². The summed E-state index contributed by atoms with van der Waals surface area (Å²) in [5.74, 6) is 0.259. The van der Waals surface area contributed by atoms with Crippen molar-refractivity contribution in [1.82, 2.24) is 0 Å². The van der Waals surface area contributed by atoms with Gasteiger partial charge in [-0.2, -0.15) is 0 Å². The third-order valence-corrected chi connectivity index (χ3v) is 3.45. The van der Waals surface area contributed by atoms with Crippen LogP contribution in [0.3, 0.4) is 0 Å². The number of allylic oxidation sites excluding steroid dienone is 4. The van der Waals surface area contributed by atoms with Crippen molar-refractivity contribution in [2.75, 3.05) is 0 Å². The zero-order valence-corrected chi connectivity index (χ0v) is 9.48. The average molecular weight is 190 g/mol. The number of rotatable bonds is 0. The van der Waals surface area contributed by atoms with Crippen LogP contribution in [0.5, 0.6) is 0 Å². The van der Waals surface area contributed by atoms with E-state index in [1.54, 1.807) is 0 Å². The van der Waals surface area contributed by atoms with E-state index >= 15 is 0 Å². The fourth-order valence-electron chi connectivity index (χ4n) is 3.11. The Morgan fingerprint density at radius 1 is 1.07 bits per heavy atom. The molecule has 0 aromatic carbocycles. The number of hydrogen-bond acceptors (Lipinski definition) is 1. The van der Waals surface area contributed by atoms with Gasteiger partial charge >= 0.3 is 0 Å². The fraction of sp³-hybridized carbons (Fsp3) is 0.615. The zero-order chi connectivity index (χ0) is 10.6. The number of fused-ring (bicyclic) bond motifs is 1. The van der Waals surface area contributed by atoms with Crippen LogP contribution < -0.4 is 0 Å². The minimum absolute atomic E-state index is 0.172. The Labute approximate surface area is 85.9 Å². The molecule has 1 fully saturated rings. The molecule has 0 aliphatic heterocycles. The summed E-state index contributed by atoms with van der Waals surface area (Å²) in [7, 11) is 0. The van der Waals surface area contributed by atoms with Gasteiger partial charge in [-0.25, -0.2) is 0 Å². The maximum Gasteiger partial charge on any atom is 0.159 e. The van der Waals surface area contributed by atoms with Crippen LogP contribution >= 0.6 is 0 Å². The number of ketones is 1. The zero-order valence-electron chi connectivity index (χ0n) is 9.48. The second kappa shape index (κ2) is 2.59. The van der Waals surface area contributed by atoms with Gasteiger partial charge in [-0.3, -0.25) is 4.79 Å². The second-order valence-corrected chi connectivity index (χ2v) is 5.79. The van der Waals surface area contributed by atoms with Crippen molar-refractivity contribution in [3.8, 4) is 0 Å². The van der Waals surface area contributed by atoms with E-state index in [-0.39, 0.29) is 16.6 Å². The van der Waals surface area contributed by atoms with Crippen molar-refractivity contribution in [2.45, 2.75) is 40.5 Å². The highest BCUT2D eigenvalue weighted by atomic mass is 16.1. The molecule has 2 aliphatic rings. The molecule has 0 saturated heterocycles. The van der Waals surface area contributed by atoms with Crippen molar-refractivity contribution < 1.29 is 4.79 Å². The molecule has 0 N–H and O–H groups in total. The van der Waals surface area contributed by atoms with Crippen molar-refractivity contribution in [1.29, 1.82) is 0 Å². The molecule has 0 heterocycles. The van der Waals surface area contributed by atoms with E-state index in [9.17, 15) is 4.79 Å². The SMILES string of the molecule is CC1(C)CC(C)(C)C2=CC(=O)CC=C21. The maximum absolute atomic E-state index is 11.4. The summed E-state index contributed by atoms with van der Waals surface area (Å²) >= 11 is 0. The van der Waals surface area contributed by atoms with Gasteiger partial charge in [0.15, 0.2) is 5.78 Å². The second-order valence-electron chi connectivity index (χ2n) is 5.79. The minimum atomic E-state index is 0.172. The highest BCUT2D eigenvalue weighted by molar-refractivity contribution is 5.94. The van der Waals surface area contributed by atoms with Crippen LogP contribution in [0.1, 0.15) is 40.5 Å². The predicted octanol–water partition coefficient (Wildman–Crippen LogP) is 3.27. The molecule has 0 radical (unpaired) electrons. The maximum atomic E-state index is 11.4. The smallest absolute Gasteiger partial charge is 0.159 e. The van der Waals surface area contributed by atoms with Crippen LogP contribution in [-0.4, -0.2) is 5.78 Å². The summed E-state index contributed by atoms with van der Waals surface area (Å²) in [6, 6.07) is 0. The molecule has 76 valence electrons. The average Bonchev–Trinajstić information content (AvgIpc) is 2.17. The number of carbonyl (C=O) groups is 1. The summed E-state index contributed by atoms with van der Waals surface area (Å²) in [5, 5.41) is 0. The molecule has 2 rings (SSSR count). The Kier molecular flexibility index (Phi) is 1.79. The molecule has 0 amide bonds. The monoisotopic (exact) mass is 190 g/mol. The van der Waals surface area contributed by atoms with E-state index in [2.05, 4.69) is 33.8 Å². The molecule has 1 saturated carbocycles. The van der Waals surface area contributed by atoms with Crippen molar-refractivity contribution in [2.24, 2.45) is 10.8 Å². The lowest BCUT2D eigenvalue weighted by atomic mass is 9.83. The first-order valence-corrected chi connectivity index (χ1v) is 5.29. The van der Waals surface area contributed by atoms with E-state index in [4.69, 9.17) is 0 Å². The topological polar surface area (TPSA) is 17.1 Å². The van der Waals surface area contributed by atoms with Gasteiger partial charge in [0.2, 0.25) is 0 Å². The molecule has 0 bridgehead atoms. The molecule has 1 nitrogen and oxygen atoms in total. The molecule has 0 unspecified atom stereocenters. The molecular formula is C13H18O. The van der Waals surface area contributed by atoms with E-state index in [0.29, 0.717) is 6.42 Å². The summed E-state index contributed by atoms with van der Waals surface area (Å²) < 4.78 is 0. The van der Waals surface area contributed by atoms with Crippen LogP contribution in [-0.2, 0) is 4.79 Å². The van der Waals surface area contributed by atoms with Crippen molar-refractivity contribution in [3.05, 3.63) is 23.3 Å². The van der Waals surface area contributed by atoms with Crippen LogP contribution in [0.15, 0.2) is 23.3 Å². The predicted molar refractivity (Wildman–Crippen MR) is 58.0 cm³/mol. The Bertz CT molecular complexity index is 353. The van der Waals surface area contributed by atoms with Crippen LogP contribution in [0, 0.1) is 10.8 Å². The van der Waals surface area contributed by atoms with Crippen molar-refractivity contribution in [3.63, 3.8) is 0 Å². The van der Waals surface area contributed by atoms with E-state index in [1.807, 2.05) is 6.08 Å². The molecule has 2 aliphatic carbocycles. The van der Waals surface area contributed by atoms with Gasteiger partial charge in [-0.1, -0.05) is 33.8 Å². The third-order valence-electron chi connectivity index (χ3n) is 3.45. The number of carbonyl (C=O) groups excluding carboxylic acids is 1. The minimum Gasteiger partial charge on any atom is -0.294 e. The Balaban J connectivity index is 2.54. The standard InChI is InChI=1S/C13H18O/c1-12(2)8-13(3,4)11-7-9(14)5-6-10(11)12/h6-7H,5,8H2,1-4H3. The summed E-state index contributed by atoms with van der Waals surface area (Å²) in [6.07, 6.45) is 5.74. The van der Waals surface area contributed by atoms with Crippen LogP contribution in [0.4, 0.5) is 0 Å². The van der Waals surface area contributed by atoms with E-state index < -0.39 is 0 Å². The van der Waals surface area contributed by atoms with Crippen LogP contribution in [0.2, 0.25) is 0 Å². The lowest BCUT2D eigenvalue weighted by Gasteiger charge is -2.21. The summed E-state index contributed by atoms with van der Waals surface area (Å²) in [5.41, 5.74) is 3.10. The highest BCUT2D eigenvalue weighted by Crippen LogP contribution is 2.56. The van der Waals surface area contributed by atoms with E-state index in [1.165, 1.54) is 11.1 Å². The molecule has 0 aromatic rings. The van der Waals surface area contributed by atoms with Gasteiger partial charge < -0.3 is 0 Å². The normalized spacial score (nSPS) is 28.1. The Morgan fingerprint density at radius 2 is 1.64 bits per heavy atom. The first-order chi connectivity index (χ1) is 6.33. The summed E-state index contributed by atoms with van der Waals surface area (Å²) in [6.45, 7) is 9.02. The summed E-state index contributed by atoms with van der Waals surface area (Å²) in [4.78, 5) is 11.4. The molecular weight excluding hydrogens is 172 g/mol. The van der Waals surface area contributed by atoms with Gasteiger partial charge in [0.25, 0.3) is 0 Å². The van der Waals surface area contributed by atoms with Gasteiger partial charge in [0, 0.05) is 6.42 Å². The van der Waals surface area contributed by atoms with E-state index in [0.717, 1.165) is 6.42 Å². The molecule has 1 heteroatoms. The Morgan fingerprint density at radius 3 is 2.29 bits per heavy atom. The van der Waals surface area contributed by atoms with Gasteiger partial charge in [-0.05, 0) is 34.5 Å². The lowest BCUT2D eigenvalue weighted by Crippen LogP contribution is -2.11. The molecule has 0 spiro atoms.